The summed E-state index contributed by atoms with van der Waals surface area (Å²) in [5.41, 5.74) is 2.76. The molecule has 2 aromatic carbocycles. The fourth-order valence-corrected chi connectivity index (χ4v) is 1.87. The minimum atomic E-state index is 0.189. The van der Waals surface area contributed by atoms with Crippen LogP contribution in [0.3, 0.4) is 0 Å². The van der Waals surface area contributed by atoms with Gasteiger partial charge in [0, 0.05) is 11.8 Å². The molecule has 0 spiro atoms. The van der Waals surface area contributed by atoms with Gasteiger partial charge >= 0.3 is 0 Å². The first-order valence-corrected chi connectivity index (χ1v) is 6.61. The molecule has 0 amide bonds. The Bertz CT molecular complexity index is 618. The Balaban J connectivity index is 2.27. The molecule has 0 aromatic heterocycles. The van der Waals surface area contributed by atoms with Crippen molar-refractivity contribution in [2.75, 3.05) is 7.11 Å². The van der Waals surface area contributed by atoms with Crippen LogP contribution in [0.5, 0.6) is 11.5 Å². The van der Waals surface area contributed by atoms with E-state index in [1.807, 2.05) is 12.1 Å². The maximum absolute atomic E-state index is 9.80. The highest BCUT2D eigenvalue weighted by Crippen LogP contribution is 2.23. The molecule has 0 bridgehead atoms. The van der Waals surface area contributed by atoms with Gasteiger partial charge in [-0.15, -0.1) is 0 Å². The zero-order chi connectivity index (χ0) is 14.5. The van der Waals surface area contributed by atoms with Gasteiger partial charge in [-0.05, 0) is 41.8 Å². The number of phenolic OH excluding ortho intramolecular Hbond substituents is 1. The van der Waals surface area contributed by atoms with Crippen molar-refractivity contribution >= 4 is 11.9 Å². The molecule has 0 unspecified atom stereocenters. The Kier molecular flexibility index (Phi) is 4.41. The molecule has 0 atom stereocenters. The highest BCUT2D eigenvalue weighted by Gasteiger charge is 2.02. The molecule has 0 fully saturated rings. The topological polar surface area (TPSA) is 41.8 Å². The number of nitrogens with zero attached hydrogens (tertiary/aromatic N) is 1. The van der Waals surface area contributed by atoms with Gasteiger partial charge in [0.1, 0.15) is 11.5 Å². The minimum Gasteiger partial charge on any atom is -0.507 e. The van der Waals surface area contributed by atoms with Crippen molar-refractivity contribution in [3.05, 3.63) is 53.6 Å². The highest BCUT2D eigenvalue weighted by molar-refractivity contribution is 5.86. The van der Waals surface area contributed by atoms with Crippen LogP contribution >= 0.6 is 0 Å². The number of methoxy groups -OCH3 is 1. The van der Waals surface area contributed by atoms with E-state index in [2.05, 4.69) is 31.0 Å². The summed E-state index contributed by atoms with van der Waals surface area (Å²) in [6.45, 7) is 4.30. The molecule has 0 heterocycles. The van der Waals surface area contributed by atoms with E-state index in [1.54, 1.807) is 31.5 Å². The average Bonchev–Trinajstić information content (AvgIpc) is 2.46. The molecule has 2 rings (SSSR count). The minimum absolute atomic E-state index is 0.189. The van der Waals surface area contributed by atoms with E-state index in [4.69, 9.17) is 4.74 Å². The summed E-state index contributed by atoms with van der Waals surface area (Å²) in [5, 5.41) is 9.80. The van der Waals surface area contributed by atoms with Gasteiger partial charge < -0.3 is 9.84 Å². The van der Waals surface area contributed by atoms with E-state index < -0.39 is 0 Å². The first kappa shape index (κ1) is 14.1. The Morgan fingerprint density at radius 2 is 1.95 bits per heavy atom. The molecule has 1 N–H and O–H groups in total. The van der Waals surface area contributed by atoms with E-state index in [9.17, 15) is 5.11 Å². The van der Waals surface area contributed by atoms with Crippen LogP contribution in [0.15, 0.2) is 47.5 Å². The molecular weight excluding hydrogens is 250 g/mol. The van der Waals surface area contributed by atoms with E-state index >= 15 is 0 Å². The summed E-state index contributed by atoms with van der Waals surface area (Å²) in [7, 11) is 1.60. The van der Waals surface area contributed by atoms with Crippen LogP contribution in [-0.2, 0) is 0 Å². The molecule has 3 heteroatoms. The Hall–Kier alpha value is -2.29. The summed E-state index contributed by atoms with van der Waals surface area (Å²) in [4.78, 5) is 4.42. The van der Waals surface area contributed by atoms with Gasteiger partial charge in [0.15, 0.2) is 0 Å². The fraction of sp³-hybridized carbons (Fsp3) is 0.235. The van der Waals surface area contributed by atoms with Crippen LogP contribution in [0.2, 0.25) is 0 Å². The van der Waals surface area contributed by atoms with Gasteiger partial charge in [0.2, 0.25) is 0 Å². The van der Waals surface area contributed by atoms with Crippen molar-refractivity contribution in [1.29, 1.82) is 0 Å². The quantitative estimate of drug-likeness (QED) is 0.842. The maximum Gasteiger partial charge on any atom is 0.124 e. The molecule has 0 aliphatic heterocycles. The summed E-state index contributed by atoms with van der Waals surface area (Å²) >= 11 is 0. The number of aromatic hydroxyl groups is 1. The second-order valence-electron chi connectivity index (χ2n) is 4.93. The van der Waals surface area contributed by atoms with Crippen molar-refractivity contribution in [3.63, 3.8) is 0 Å². The predicted molar refractivity (Wildman–Crippen MR) is 82.4 cm³/mol. The molecule has 0 aliphatic carbocycles. The van der Waals surface area contributed by atoms with Crippen LogP contribution in [0, 0.1) is 0 Å². The van der Waals surface area contributed by atoms with Crippen LogP contribution in [-0.4, -0.2) is 18.4 Å². The number of hydrogen-bond donors (Lipinski definition) is 1. The number of phenols is 1. The summed E-state index contributed by atoms with van der Waals surface area (Å²) < 4.78 is 5.14. The zero-order valence-corrected chi connectivity index (χ0v) is 12.0. The van der Waals surface area contributed by atoms with Gasteiger partial charge in [-0.1, -0.05) is 26.0 Å². The SMILES string of the molecule is COc1ccc(O)c(C=Nc2cccc(C(C)C)c2)c1. The van der Waals surface area contributed by atoms with E-state index in [0.717, 1.165) is 5.69 Å². The summed E-state index contributed by atoms with van der Waals surface area (Å²) in [5.74, 6) is 1.35. The zero-order valence-electron chi connectivity index (χ0n) is 12.0. The third-order valence-corrected chi connectivity index (χ3v) is 3.12. The fourth-order valence-electron chi connectivity index (χ4n) is 1.87. The van der Waals surface area contributed by atoms with Crippen molar-refractivity contribution in [1.82, 2.24) is 0 Å². The van der Waals surface area contributed by atoms with E-state index in [0.29, 0.717) is 17.2 Å². The van der Waals surface area contributed by atoms with Gasteiger partial charge in [-0.2, -0.15) is 0 Å². The van der Waals surface area contributed by atoms with Gasteiger partial charge in [-0.25, -0.2) is 0 Å². The van der Waals surface area contributed by atoms with Crippen molar-refractivity contribution in [3.8, 4) is 11.5 Å². The third-order valence-electron chi connectivity index (χ3n) is 3.12. The van der Waals surface area contributed by atoms with Crippen LogP contribution < -0.4 is 4.74 Å². The Morgan fingerprint density at radius 3 is 2.65 bits per heavy atom. The highest BCUT2D eigenvalue weighted by atomic mass is 16.5. The molecular formula is C17H19NO2. The van der Waals surface area contributed by atoms with Gasteiger partial charge in [-0.3, -0.25) is 4.99 Å². The number of benzene rings is 2. The Morgan fingerprint density at radius 1 is 1.15 bits per heavy atom. The predicted octanol–water partition coefficient (Wildman–Crippen LogP) is 4.27. The Labute approximate surface area is 119 Å². The molecule has 0 saturated heterocycles. The standard InChI is InChI=1S/C17H19NO2/c1-12(2)13-5-4-6-15(9-13)18-11-14-10-16(20-3)7-8-17(14)19/h4-12,19H,1-3H3. The van der Waals surface area contributed by atoms with Crippen LogP contribution in [0.1, 0.15) is 30.9 Å². The van der Waals surface area contributed by atoms with E-state index in [1.165, 1.54) is 5.56 Å². The summed E-state index contributed by atoms with van der Waals surface area (Å²) in [6.07, 6.45) is 1.65. The first-order chi connectivity index (χ1) is 9.60. The third kappa shape index (κ3) is 3.38. The first-order valence-electron chi connectivity index (χ1n) is 6.61. The summed E-state index contributed by atoms with van der Waals surface area (Å²) in [6, 6.07) is 13.2. The number of ether oxygens (including phenoxy) is 1. The van der Waals surface area contributed by atoms with Crippen LogP contribution in [0.4, 0.5) is 5.69 Å². The molecule has 3 nitrogen and oxygen atoms in total. The molecule has 104 valence electrons. The molecule has 0 radical (unpaired) electrons. The largest absolute Gasteiger partial charge is 0.507 e. The molecule has 0 saturated carbocycles. The average molecular weight is 269 g/mol. The molecule has 2 aromatic rings. The van der Waals surface area contributed by atoms with Crippen molar-refractivity contribution in [2.24, 2.45) is 4.99 Å². The molecule has 20 heavy (non-hydrogen) atoms. The molecule has 0 aliphatic rings. The lowest BCUT2D eigenvalue weighted by Gasteiger charge is -2.06. The lowest BCUT2D eigenvalue weighted by Crippen LogP contribution is -1.88. The number of hydrogen-bond acceptors (Lipinski definition) is 3. The van der Waals surface area contributed by atoms with Gasteiger partial charge in [0.05, 0.1) is 12.8 Å². The van der Waals surface area contributed by atoms with Gasteiger partial charge in [0.25, 0.3) is 0 Å². The van der Waals surface area contributed by atoms with Crippen molar-refractivity contribution < 1.29 is 9.84 Å². The lowest BCUT2D eigenvalue weighted by molar-refractivity contribution is 0.412. The van der Waals surface area contributed by atoms with Crippen molar-refractivity contribution in [2.45, 2.75) is 19.8 Å². The van der Waals surface area contributed by atoms with Crippen LogP contribution in [0.25, 0.3) is 0 Å². The second kappa shape index (κ2) is 6.24. The number of aliphatic imine (C=N–C) groups is 1. The second-order valence-corrected chi connectivity index (χ2v) is 4.93. The lowest BCUT2D eigenvalue weighted by atomic mass is 10.0. The maximum atomic E-state index is 9.80. The monoisotopic (exact) mass is 269 g/mol. The number of rotatable bonds is 4. The van der Waals surface area contributed by atoms with E-state index in [-0.39, 0.29) is 5.75 Å². The smallest absolute Gasteiger partial charge is 0.124 e. The normalized spacial score (nSPS) is 11.2.